The van der Waals surface area contributed by atoms with Gasteiger partial charge in [-0.05, 0) is 52.7 Å². The van der Waals surface area contributed by atoms with Gasteiger partial charge in [-0.3, -0.25) is 5.43 Å². The van der Waals surface area contributed by atoms with Crippen LogP contribution in [-0.2, 0) is 0 Å². The minimum atomic E-state index is -1.02. The van der Waals surface area contributed by atoms with Gasteiger partial charge < -0.3 is 14.6 Å². The number of carbonyl (C=O) groups is 1. The van der Waals surface area contributed by atoms with E-state index in [0.29, 0.717) is 23.9 Å². The highest BCUT2D eigenvalue weighted by Gasteiger charge is 2.10. The number of hydrogen-bond donors (Lipinski definition) is 2. The lowest BCUT2D eigenvalue weighted by molar-refractivity contribution is 0.0696. The van der Waals surface area contributed by atoms with Crippen molar-refractivity contribution in [1.29, 1.82) is 0 Å². The summed E-state index contributed by atoms with van der Waals surface area (Å²) in [4.78, 5) is 14.7. The molecule has 126 valence electrons. The van der Waals surface area contributed by atoms with Crippen LogP contribution in [0, 0.1) is 0 Å². The number of hydrazone groups is 1. The van der Waals surface area contributed by atoms with Crippen molar-refractivity contribution in [2.75, 3.05) is 19.1 Å². The first-order valence-electron chi connectivity index (χ1n) is 7.04. The maximum absolute atomic E-state index is 10.8. The zero-order valence-corrected chi connectivity index (χ0v) is 14.7. The van der Waals surface area contributed by atoms with E-state index in [4.69, 9.17) is 14.6 Å². The summed E-state index contributed by atoms with van der Waals surface area (Å²) in [6.07, 6.45) is 2.85. The Bertz CT molecular complexity index is 748. The molecular formula is C16H16BrN3O4. The van der Waals surface area contributed by atoms with Crippen LogP contribution in [0.5, 0.6) is 11.5 Å². The standard InChI is InChI=1S/C16H16BrN3O4/c1-3-24-15-12(17)6-10(7-13(15)23-2)8-19-20-14-5-4-11(9-18-14)16(21)22/h4-9H,3H2,1-2H3,(H,18,20)(H,21,22)/b19-8+. The van der Waals surface area contributed by atoms with E-state index in [0.717, 1.165) is 10.0 Å². The minimum Gasteiger partial charge on any atom is -0.493 e. The Morgan fingerprint density at radius 1 is 1.46 bits per heavy atom. The molecule has 24 heavy (non-hydrogen) atoms. The molecule has 0 spiro atoms. The van der Waals surface area contributed by atoms with Gasteiger partial charge in [0.2, 0.25) is 0 Å². The van der Waals surface area contributed by atoms with Gasteiger partial charge in [-0.15, -0.1) is 0 Å². The Morgan fingerprint density at radius 2 is 2.25 bits per heavy atom. The predicted octanol–water partition coefficient (Wildman–Crippen LogP) is 3.40. The van der Waals surface area contributed by atoms with Crippen LogP contribution in [-0.4, -0.2) is 36.0 Å². The van der Waals surface area contributed by atoms with Gasteiger partial charge in [-0.2, -0.15) is 5.10 Å². The third-order valence-corrected chi connectivity index (χ3v) is 3.53. The summed E-state index contributed by atoms with van der Waals surface area (Å²) in [6, 6.07) is 6.63. The number of carboxylic acids is 1. The third-order valence-electron chi connectivity index (χ3n) is 2.94. The fraction of sp³-hybridized carbons (Fsp3) is 0.188. The van der Waals surface area contributed by atoms with Crippen molar-refractivity contribution in [2.45, 2.75) is 6.92 Å². The van der Waals surface area contributed by atoms with Crippen LogP contribution in [0.3, 0.4) is 0 Å². The molecule has 1 aromatic carbocycles. The number of nitrogens with zero attached hydrogens (tertiary/aromatic N) is 2. The van der Waals surface area contributed by atoms with E-state index in [9.17, 15) is 4.79 Å². The number of methoxy groups -OCH3 is 1. The number of aromatic nitrogens is 1. The topological polar surface area (TPSA) is 93.0 Å². The van der Waals surface area contributed by atoms with E-state index in [-0.39, 0.29) is 5.56 Å². The van der Waals surface area contributed by atoms with E-state index in [1.54, 1.807) is 19.4 Å². The summed E-state index contributed by atoms with van der Waals surface area (Å²) in [7, 11) is 1.57. The van der Waals surface area contributed by atoms with Gasteiger partial charge in [0.1, 0.15) is 5.82 Å². The number of nitrogens with one attached hydrogen (secondary N) is 1. The average molecular weight is 394 g/mol. The number of aromatic carboxylic acids is 1. The monoisotopic (exact) mass is 393 g/mol. The molecular weight excluding hydrogens is 378 g/mol. The summed E-state index contributed by atoms with van der Waals surface area (Å²) in [5.74, 6) is 0.643. The molecule has 8 heteroatoms. The SMILES string of the molecule is CCOc1c(Br)cc(/C=N/Nc2ccc(C(=O)O)cn2)cc1OC. The highest BCUT2D eigenvalue weighted by atomic mass is 79.9. The smallest absolute Gasteiger partial charge is 0.337 e. The lowest BCUT2D eigenvalue weighted by atomic mass is 10.2. The van der Waals surface area contributed by atoms with Crippen LogP contribution in [0.2, 0.25) is 0 Å². The Hall–Kier alpha value is -2.61. The Labute approximate surface area is 147 Å². The van der Waals surface area contributed by atoms with Crippen LogP contribution in [0.15, 0.2) is 40.0 Å². The van der Waals surface area contributed by atoms with Crippen molar-refractivity contribution in [3.8, 4) is 11.5 Å². The third kappa shape index (κ3) is 4.45. The quantitative estimate of drug-likeness (QED) is 0.553. The molecule has 0 unspecified atom stereocenters. The number of pyridine rings is 1. The number of benzene rings is 1. The zero-order valence-electron chi connectivity index (χ0n) is 13.1. The first kappa shape index (κ1) is 17.7. The van der Waals surface area contributed by atoms with E-state index in [1.807, 2.05) is 13.0 Å². The van der Waals surface area contributed by atoms with Crippen LogP contribution in [0.1, 0.15) is 22.8 Å². The highest BCUT2D eigenvalue weighted by Crippen LogP contribution is 2.36. The maximum atomic E-state index is 10.8. The zero-order chi connectivity index (χ0) is 17.5. The Morgan fingerprint density at radius 3 is 2.83 bits per heavy atom. The van der Waals surface area contributed by atoms with Gasteiger partial charge in [0.25, 0.3) is 0 Å². The Balaban J connectivity index is 2.11. The van der Waals surface area contributed by atoms with Gasteiger partial charge in [0.15, 0.2) is 11.5 Å². The summed E-state index contributed by atoms with van der Waals surface area (Å²) in [5, 5.41) is 12.9. The first-order chi connectivity index (χ1) is 11.5. The molecule has 0 radical (unpaired) electrons. The fourth-order valence-corrected chi connectivity index (χ4v) is 2.43. The molecule has 0 aliphatic heterocycles. The minimum absolute atomic E-state index is 0.115. The molecule has 0 aliphatic rings. The molecule has 0 saturated heterocycles. The van der Waals surface area contributed by atoms with Gasteiger partial charge >= 0.3 is 5.97 Å². The molecule has 0 saturated carbocycles. The van der Waals surface area contributed by atoms with Gasteiger partial charge in [0, 0.05) is 6.20 Å². The summed E-state index contributed by atoms with van der Waals surface area (Å²) in [6.45, 7) is 2.43. The molecule has 2 aromatic rings. The van der Waals surface area contributed by atoms with Crippen molar-refractivity contribution >= 4 is 33.9 Å². The van der Waals surface area contributed by atoms with Gasteiger partial charge in [0.05, 0.1) is 30.0 Å². The first-order valence-corrected chi connectivity index (χ1v) is 7.83. The molecule has 0 bridgehead atoms. The average Bonchev–Trinajstić information content (AvgIpc) is 2.57. The molecule has 0 atom stereocenters. The largest absolute Gasteiger partial charge is 0.493 e. The van der Waals surface area contributed by atoms with Crippen molar-refractivity contribution in [3.05, 3.63) is 46.1 Å². The molecule has 0 amide bonds. The normalized spacial score (nSPS) is 10.6. The number of rotatable bonds is 7. The molecule has 2 N–H and O–H groups in total. The van der Waals surface area contributed by atoms with Gasteiger partial charge in [-0.25, -0.2) is 9.78 Å². The second-order valence-corrected chi connectivity index (χ2v) is 5.43. The van der Waals surface area contributed by atoms with E-state index < -0.39 is 5.97 Å². The van der Waals surface area contributed by atoms with Crippen molar-refractivity contribution in [3.63, 3.8) is 0 Å². The number of hydrogen-bond acceptors (Lipinski definition) is 6. The number of ether oxygens (including phenoxy) is 2. The fourth-order valence-electron chi connectivity index (χ4n) is 1.86. The maximum Gasteiger partial charge on any atom is 0.337 e. The molecule has 1 heterocycles. The summed E-state index contributed by atoms with van der Waals surface area (Å²) in [5.41, 5.74) is 3.64. The van der Waals surface area contributed by atoms with Gasteiger partial charge in [-0.1, -0.05) is 0 Å². The van der Waals surface area contributed by atoms with Crippen LogP contribution in [0.25, 0.3) is 0 Å². The van der Waals surface area contributed by atoms with Crippen molar-refractivity contribution in [1.82, 2.24) is 4.98 Å². The second kappa shape index (κ2) is 8.30. The summed E-state index contributed by atoms with van der Waals surface area (Å²) < 4.78 is 11.6. The summed E-state index contributed by atoms with van der Waals surface area (Å²) >= 11 is 3.44. The Kier molecular flexibility index (Phi) is 6.14. The molecule has 1 aromatic heterocycles. The lowest BCUT2D eigenvalue weighted by Gasteiger charge is -2.11. The molecule has 0 aliphatic carbocycles. The van der Waals surface area contributed by atoms with E-state index in [1.165, 1.54) is 18.3 Å². The van der Waals surface area contributed by atoms with Crippen LogP contribution >= 0.6 is 15.9 Å². The van der Waals surface area contributed by atoms with Crippen molar-refractivity contribution < 1.29 is 19.4 Å². The lowest BCUT2D eigenvalue weighted by Crippen LogP contribution is -2.00. The van der Waals surface area contributed by atoms with Crippen LogP contribution in [0.4, 0.5) is 5.82 Å². The molecule has 2 rings (SSSR count). The van der Waals surface area contributed by atoms with Crippen molar-refractivity contribution in [2.24, 2.45) is 5.10 Å². The van der Waals surface area contributed by atoms with Crippen LogP contribution < -0.4 is 14.9 Å². The number of carboxylic acid groups (broad SMARTS) is 1. The number of anilines is 1. The predicted molar refractivity (Wildman–Crippen MR) is 94.3 cm³/mol. The molecule has 7 nitrogen and oxygen atoms in total. The highest BCUT2D eigenvalue weighted by molar-refractivity contribution is 9.10. The van der Waals surface area contributed by atoms with E-state index in [2.05, 4.69) is 31.4 Å². The number of halogens is 1. The van der Waals surface area contributed by atoms with E-state index >= 15 is 0 Å². The second-order valence-electron chi connectivity index (χ2n) is 4.57. The molecule has 0 fully saturated rings.